The SMILES string of the molecule is C[C@H](OC(=O)CSc1ccc2ccccc2c1)C(=O)N(C)Cc1ccccc1. The molecule has 0 aliphatic carbocycles. The quantitative estimate of drug-likeness (QED) is 0.437. The summed E-state index contributed by atoms with van der Waals surface area (Å²) in [5.74, 6) is -0.446. The molecular formula is C23H23NO3S. The highest BCUT2D eigenvalue weighted by Gasteiger charge is 2.21. The van der Waals surface area contributed by atoms with E-state index in [2.05, 4.69) is 12.1 Å². The van der Waals surface area contributed by atoms with Crippen molar-refractivity contribution in [2.24, 2.45) is 0 Å². The van der Waals surface area contributed by atoms with E-state index in [0.29, 0.717) is 6.54 Å². The van der Waals surface area contributed by atoms with E-state index in [1.807, 2.05) is 60.7 Å². The van der Waals surface area contributed by atoms with Crippen molar-refractivity contribution in [3.63, 3.8) is 0 Å². The van der Waals surface area contributed by atoms with Crippen molar-refractivity contribution < 1.29 is 14.3 Å². The number of thioether (sulfide) groups is 1. The lowest BCUT2D eigenvalue weighted by Crippen LogP contribution is -2.37. The van der Waals surface area contributed by atoms with Crippen LogP contribution in [0.4, 0.5) is 0 Å². The van der Waals surface area contributed by atoms with Crippen LogP contribution in [0.25, 0.3) is 10.8 Å². The van der Waals surface area contributed by atoms with Crippen LogP contribution in [-0.2, 0) is 20.9 Å². The Kier molecular flexibility index (Phi) is 6.71. The zero-order chi connectivity index (χ0) is 19.9. The van der Waals surface area contributed by atoms with Crippen molar-refractivity contribution in [1.82, 2.24) is 4.90 Å². The number of hydrogen-bond acceptors (Lipinski definition) is 4. The predicted octanol–water partition coefficient (Wildman–Crippen LogP) is 4.52. The molecule has 0 aliphatic rings. The number of nitrogens with zero attached hydrogens (tertiary/aromatic N) is 1. The van der Waals surface area contributed by atoms with E-state index in [4.69, 9.17) is 4.74 Å². The first-order valence-electron chi connectivity index (χ1n) is 9.13. The zero-order valence-electron chi connectivity index (χ0n) is 16.0. The van der Waals surface area contributed by atoms with Gasteiger partial charge in [0.15, 0.2) is 6.10 Å². The van der Waals surface area contributed by atoms with Crippen LogP contribution in [-0.4, -0.2) is 35.7 Å². The standard InChI is InChI=1S/C23H23NO3S/c1-17(23(26)24(2)15-18-8-4-3-5-9-18)27-22(25)16-28-21-13-12-19-10-6-7-11-20(19)14-21/h3-14,17H,15-16H2,1-2H3/t17-/m0/s1. The summed E-state index contributed by atoms with van der Waals surface area (Å²) in [4.78, 5) is 27.2. The summed E-state index contributed by atoms with van der Waals surface area (Å²) in [6.45, 7) is 2.09. The minimum Gasteiger partial charge on any atom is -0.452 e. The number of carbonyl (C=O) groups excluding carboxylic acids is 2. The molecular weight excluding hydrogens is 370 g/mol. The molecule has 5 heteroatoms. The maximum absolute atomic E-state index is 12.4. The summed E-state index contributed by atoms with van der Waals surface area (Å²) in [7, 11) is 1.71. The molecule has 3 aromatic carbocycles. The van der Waals surface area contributed by atoms with Crippen LogP contribution in [0, 0.1) is 0 Å². The zero-order valence-corrected chi connectivity index (χ0v) is 16.8. The van der Waals surface area contributed by atoms with Gasteiger partial charge in [0.05, 0.1) is 5.75 Å². The Morgan fingerprint density at radius 1 is 0.964 bits per heavy atom. The first-order valence-corrected chi connectivity index (χ1v) is 10.1. The van der Waals surface area contributed by atoms with E-state index in [0.717, 1.165) is 21.2 Å². The fourth-order valence-electron chi connectivity index (χ4n) is 2.93. The summed E-state index contributed by atoms with van der Waals surface area (Å²) in [6, 6.07) is 23.9. The van der Waals surface area contributed by atoms with Crippen molar-refractivity contribution in [3.8, 4) is 0 Å². The van der Waals surface area contributed by atoms with Crippen LogP contribution in [0.2, 0.25) is 0 Å². The third kappa shape index (κ3) is 5.36. The molecule has 0 spiro atoms. The van der Waals surface area contributed by atoms with Crippen molar-refractivity contribution in [2.75, 3.05) is 12.8 Å². The lowest BCUT2D eigenvalue weighted by molar-refractivity contribution is -0.156. The number of amides is 1. The summed E-state index contributed by atoms with van der Waals surface area (Å²) < 4.78 is 5.33. The molecule has 1 amide bonds. The fraction of sp³-hybridized carbons (Fsp3) is 0.217. The van der Waals surface area contributed by atoms with Crippen LogP contribution in [0.1, 0.15) is 12.5 Å². The lowest BCUT2D eigenvalue weighted by Gasteiger charge is -2.21. The maximum atomic E-state index is 12.4. The topological polar surface area (TPSA) is 46.6 Å². The summed E-state index contributed by atoms with van der Waals surface area (Å²) in [5.41, 5.74) is 1.03. The number of hydrogen-bond donors (Lipinski definition) is 0. The number of rotatable bonds is 7. The Balaban J connectivity index is 1.49. The van der Waals surface area contributed by atoms with Gasteiger partial charge in [-0.05, 0) is 35.4 Å². The molecule has 1 atom stereocenters. The van der Waals surface area contributed by atoms with Crippen molar-refractivity contribution >= 4 is 34.4 Å². The number of carbonyl (C=O) groups is 2. The average molecular weight is 394 g/mol. The average Bonchev–Trinajstić information content (AvgIpc) is 2.72. The molecule has 0 bridgehead atoms. The van der Waals surface area contributed by atoms with Gasteiger partial charge in [0, 0.05) is 18.5 Å². The highest BCUT2D eigenvalue weighted by atomic mass is 32.2. The van der Waals surface area contributed by atoms with E-state index >= 15 is 0 Å². The van der Waals surface area contributed by atoms with Crippen LogP contribution >= 0.6 is 11.8 Å². The van der Waals surface area contributed by atoms with E-state index in [1.165, 1.54) is 11.8 Å². The van der Waals surface area contributed by atoms with Gasteiger partial charge < -0.3 is 9.64 Å². The van der Waals surface area contributed by atoms with Gasteiger partial charge in [0.25, 0.3) is 5.91 Å². The second-order valence-electron chi connectivity index (χ2n) is 6.61. The summed E-state index contributed by atoms with van der Waals surface area (Å²) in [5, 5.41) is 2.29. The molecule has 3 rings (SSSR count). The van der Waals surface area contributed by atoms with Gasteiger partial charge >= 0.3 is 5.97 Å². The van der Waals surface area contributed by atoms with Crippen LogP contribution in [0.3, 0.4) is 0 Å². The minimum atomic E-state index is -0.807. The van der Waals surface area contributed by atoms with E-state index in [-0.39, 0.29) is 11.7 Å². The Hall–Kier alpha value is -2.79. The molecule has 0 unspecified atom stereocenters. The van der Waals surface area contributed by atoms with Gasteiger partial charge in [-0.15, -0.1) is 11.8 Å². The summed E-state index contributed by atoms with van der Waals surface area (Å²) >= 11 is 1.41. The molecule has 0 saturated heterocycles. The minimum absolute atomic E-state index is 0.165. The summed E-state index contributed by atoms with van der Waals surface area (Å²) in [6.07, 6.45) is -0.807. The van der Waals surface area contributed by atoms with Crippen LogP contribution in [0.15, 0.2) is 77.7 Å². The molecule has 4 nitrogen and oxygen atoms in total. The Morgan fingerprint density at radius 2 is 1.64 bits per heavy atom. The molecule has 0 aliphatic heterocycles. The molecule has 0 N–H and O–H groups in total. The number of likely N-dealkylation sites (N-methyl/N-ethyl adjacent to an activating group) is 1. The van der Waals surface area contributed by atoms with E-state index in [1.54, 1.807) is 18.9 Å². The Bertz CT molecular complexity index is 958. The largest absolute Gasteiger partial charge is 0.452 e. The van der Waals surface area contributed by atoms with Crippen molar-refractivity contribution in [3.05, 3.63) is 78.4 Å². The highest BCUT2D eigenvalue weighted by Crippen LogP contribution is 2.23. The first kappa shape index (κ1) is 20.0. The maximum Gasteiger partial charge on any atom is 0.317 e. The second kappa shape index (κ2) is 9.42. The predicted molar refractivity (Wildman–Crippen MR) is 113 cm³/mol. The molecule has 0 aromatic heterocycles. The number of esters is 1. The molecule has 3 aromatic rings. The second-order valence-corrected chi connectivity index (χ2v) is 7.66. The van der Waals surface area contributed by atoms with Gasteiger partial charge in [-0.2, -0.15) is 0 Å². The first-order chi connectivity index (χ1) is 13.5. The van der Waals surface area contributed by atoms with Crippen molar-refractivity contribution in [1.29, 1.82) is 0 Å². The number of fused-ring (bicyclic) bond motifs is 1. The Morgan fingerprint density at radius 3 is 2.39 bits per heavy atom. The lowest BCUT2D eigenvalue weighted by atomic mass is 10.1. The number of benzene rings is 3. The third-order valence-corrected chi connectivity index (χ3v) is 5.34. The van der Waals surface area contributed by atoms with E-state index in [9.17, 15) is 9.59 Å². The van der Waals surface area contributed by atoms with Crippen LogP contribution < -0.4 is 0 Å². The van der Waals surface area contributed by atoms with Gasteiger partial charge in [-0.3, -0.25) is 9.59 Å². The van der Waals surface area contributed by atoms with Gasteiger partial charge in [0.1, 0.15) is 0 Å². The molecule has 0 saturated carbocycles. The van der Waals surface area contributed by atoms with Crippen LogP contribution in [0.5, 0.6) is 0 Å². The molecule has 0 radical (unpaired) electrons. The smallest absolute Gasteiger partial charge is 0.317 e. The molecule has 144 valence electrons. The third-order valence-electron chi connectivity index (χ3n) is 4.37. The molecule has 28 heavy (non-hydrogen) atoms. The fourth-order valence-corrected chi connectivity index (χ4v) is 3.65. The Labute approximate surface area is 169 Å². The number of ether oxygens (including phenoxy) is 1. The van der Waals surface area contributed by atoms with Gasteiger partial charge in [-0.1, -0.05) is 60.7 Å². The van der Waals surface area contributed by atoms with E-state index < -0.39 is 12.1 Å². The molecule has 0 fully saturated rings. The normalized spacial score (nSPS) is 11.8. The highest BCUT2D eigenvalue weighted by molar-refractivity contribution is 8.00. The monoisotopic (exact) mass is 393 g/mol. The van der Waals surface area contributed by atoms with Crippen molar-refractivity contribution in [2.45, 2.75) is 24.5 Å². The molecule has 0 heterocycles. The van der Waals surface area contributed by atoms with Gasteiger partial charge in [-0.25, -0.2) is 0 Å². The van der Waals surface area contributed by atoms with Gasteiger partial charge in [0.2, 0.25) is 0 Å².